The lowest BCUT2D eigenvalue weighted by molar-refractivity contribution is 0.479. The second-order valence-corrected chi connectivity index (χ2v) is 3.22. The number of pyridine rings is 1. The average Bonchev–Trinajstić information content (AvgIpc) is 2.59. The first-order valence-electron chi connectivity index (χ1n) is 4.96. The molecule has 0 saturated heterocycles. The maximum absolute atomic E-state index is 9.81. The number of rotatable bonds is 3. The first-order chi connectivity index (χ1) is 7.74. The first kappa shape index (κ1) is 10.3. The van der Waals surface area contributed by atoms with Crippen molar-refractivity contribution in [3.05, 3.63) is 24.4 Å². The highest BCUT2D eigenvalue weighted by atomic mass is 16.3. The molecule has 2 rings (SSSR count). The van der Waals surface area contributed by atoms with Gasteiger partial charge < -0.3 is 16.3 Å². The van der Waals surface area contributed by atoms with Gasteiger partial charge in [-0.05, 0) is 19.1 Å². The molecule has 0 unspecified atom stereocenters. The van der Waals surface area contributed by atoms with Crippen LogP contribution in [0.3, 0.4) is 0 Å². The molecule has 0 bridgehead atoms. The van der Waals surface area contributed by atoms with Gasteiger partial charge >= 0.3 is 0 Å². The minimum absolute atomic E-state index is 0.0559. The van der Waals surface area contributed by atoms with Crippen LogP contribution in [0.1, 0.15) is 6.92 Å². The van der Waals surface area contributed by atoms with Crippen LogP contribution in [0.15, 0.2) is 24.4 Å². The minimum Gasteiger partial charge on any atom is -0.503 e. The van der Waals surface area contributed by atoms with Crippen LogP contribution < -0.4 is 11.2 Å². The van der Waals surface area contributed by atoms with E-state index in [-0.39, 0.29) is 11.6 Å². The Morgan fingerprint density at radius 1 is 1.50 bits per heavy atom. The SMILES string of the molecule is CCNn1nc(-c2ccccn2)c(O)c1N. The van der Waals surface area contributed by atoms with Crippen molar-refractivity contribution in [1.82, 2.24) is 14.9 Å². The van der Waals surface area contributed by atoms with E-state index in [1.807, 2.05) is 13.0 Å². The zero-order chi connectivity index (χ0) is 11.5. The maximum Gasteiger partial charge on any atom is 0.190 e. The summed E-state index contributed by atoms with van der Waals surface area (Å²) in [6.07, 6.45) is 1.64. The number of nitrogens with zero attached hydrogens (tertiary/aromatic N) is 3. The fourth-order valence-electron chi connectivity index (χ4n) is 1.37. The number of hydrogen-bond donors (Lipinski definition) is 3. The predicted octanol–water partition coefficient (Wildman–Crippen LogP) is 0.796. The maximum atomic E-state index is 9.81. The lowest BCUT2D eigenvalue weighted by Gasteiger charge is -2.02. The predicted molar refractivity (Wildman–Crippen MR) is 61.4 cm³/mol. The second kappa shape index (κ2) is 4.09. The Balaban J connectivity index is 2.46. The van der Waals surface area contributed by atoms with E-state index in [4.69, 9.17) is 5.73 Å². The summed E-state index contributed by atoms with van der Waals surface area (Å²) in [5.74, 6) is 0.127. The Kier molecular flexibility index (Phi) is 2.63. The number of nitrogens with one attached hydrogen (secondary N) is 1. The molecule has 2 aromatic heterocycles. The van der Waals surface area contributed by atoms with Crippen LogP contribution in [0.4, 0.5) is 5.82 Å². The van der Waals surface area contributed by atoms with Gasteiger partial charge in [0, 0.05) is 12.7 Å². The largest absolute Gasteiger partial charge is 0.503 e. The lowest BCUT2D eigenvalue weighted by atomic mass is 10.2. The molecule has 2 heterocycles. The molecule has 0 aromatic carbocycles. The van der Waals surface area contributed by atoms with Crippen molar-refractivity contribution in [3.8, 4) is 17.1 Å². The Morgan fingerprint density at radius 3 is 2.94 bits per heavy atom. The summed E-state index contributed by atoms with van der Waals surface area (Å²) in [6, 6.07) is 5.38. The number of aromatic nitrogens is 3. The second-order valence-electron chi connectivity index (χ2n) is 3.22. The van der Waals surface area contributed by atoms with Gasteiger partial charge in [-0.15, -0.1) is 5.10 Å². The third-order valence-electron chi connectivity index (χ3n) is 2.11. The molecule has 0 aliphatic carbocycles. The van der Waals surface area contributed by atoms with Crippen LogP contribution in [-0.2, 0) is 0 Å². The van der Waals surface area contributed by atoms with Gasteiger partial charge in [-0.1, -0.05) is 6.07 Å². The third kappa shape index (κ3) is 1.65. The average molecular weight is 219 g/mol. The van der Waals surface area contributed by atoms with Crippen molar-refractivity contribution in [2.24, 2.45) is 0 Å². The van der Waals surface area contributed by atoms with Crippen molar-refractivity contribution in [2.45, 2.75) is 6.92 Å². The highest BCUT2D eigenvalue weighted by Crippen LogP contribution is 2.31. The molecule has 6 heteroatoms. The molecule has 0 saturated carbocycles. The van der Waals surface area contributed by atoms with E-state index in [0.29, 0.717) is 17.9 Å². The van der Waals surface area contributed by atoms with Crippen LogP contribution >= 0.6 is 0 Å². The summed E-state index contributed by atoms with van der Waals surface area (Å²) >= 11 is 0. The zero-order valence-corrected chi connectivity index (χ0v) is 8.88. The molecular weight excluding hydrogens is 206 g/mol. The molecule has 2 aromatic rings. The molecule has 0 aliphatic rings. The summed E-state index contributed by atoms with van der Waals surface area (Å²) in [7, 11) is 0. The Hall–Kier alpha value is -2.24. The monoisotopic (exact) mass is 219 g/mol. The summed E-state index contributed by atoms with van der Waals surface area (Å²) in [6.45, 7) is 2.57. The van der Waals surface area contributed by atoms with Gasteiger partial charge in [0.05, 0.1) is 5.69 Å². The molecule has 0 amide bonds. The van der Waals surface area contributed by atoms with Crippen LogP contribution in [0.5, 0.6) is 5.75 Å². The van der Waals surface area contributed by atoms with E-state index in [2.05, 4.69) is 15.5 Å². The number of nitrogen functional groups attached to an aromatic ring is 1. The van der Waals surface area contributed by atoms with E-state index < -0.39 is 0 Å². The lowest BCUT2D eigenvalue weighted by Crippen LogP contribution is -2.17. The molecule has 84 valence electrons. The van der Waals surface area contributed by atoms with Gasteiger partial charge in [-0.3, -0.25) is 4.98 Å². The summed E-state index contributed by atoms with van der Waals surface area (Å²) in [5.41, 5.74) is 9.55. The minimum atomic E-state index is -0.0559. The van der Waals surface area contributed by atoms with E-state index in [9.17, 15) is 5.11 Å². The standard InChI is InChI=1S/C10H13N5O/c1-2-13-15-10(11)9(16)8(14-15)7-5-3-4-6-12-7/h3-6,13,16H,2,11H2,1H3. The van der Waals surface area contributed by atoms with Gasteiger partial charge in [0.1, 0.15) is 0 Å². The van der Waals surface area contributed by atoms with Crippen LogP contribution in [-0.4, -0.2) is 26.5 Å². The molecule has 6 nitrogen and oxygen atoms in total. The normalized spacial score (nSPS) is 10.3. The van der Waals surface area contributed by atoms with Gasteiger partial charge in [-0.2, -0.15) is 4.79 Å². The zero-order valence-electron chi connectivity index (χ0n) is 8.88. The molecule has 0 atom stereocenters. The van der Waals surface area contributed by atoms with E-state index in [1.54, 1.807) is 18.3 Å². The number of anilines is 1. The van der Waals surface area contributed by atoms with Crippen molar-refractivity contribution in [1.29, 1.82) is 0 Å². The summed E-state index contributed by atoms with van der Waals surface area (Å²) in [5, 5.41) is 13.9. The third-order valence-corrected chi connectivity index (χ3v) is 2.11. The van der Waals surface area contributed by atoms with E-state index >= 15 is 0 Å². The highest BCUT2D eigenvalue weighted by Gasteiger charge is 2.16. The van der Waals surface area contributed by atoms with Crippen LogP contribution in [0, 0.1) is 0 Å². The Bertz CT molecular complexity index is 479. The van der Waals surface area contributed by atoms with Gasteiger partial charge in [0.15, 0.2) is 17.3 Å². The molecule has 0 aliphatic heterocycles. The van der Waals surface area contributed by atoms with Crippen LogP contribution in [0.2, 0.25) is 0 Å². The Labute approximate surface area is 92.7 Å². The molecule has 0 fully saturated rings. The highest BCUT2D eigenvalue weighted by molar-refractivity contribution is 5.69. The molecule has 4 N–H and O–H groups in total. The summed E-state index contributed by atoms with van der Waals surface area (Å²) < 4.78 is 0. The Morgan fingerprint density at radius 2 is 2.31 bits per heavy atom. The summed E-state index contributed by atoms with van der Waals surface area (Å²) in [4.78, 5) is 5.45. The van der Waals surface area contributed by atoms with Crippen LogP contribution in [0.25, 0.3) is 11.4 Å². The van der Waals surface area contributed by atoms with Gasteiger partial charge in [-0.25, -0.2) is 0 Å². The fraction of sp³-hybridized carbons (Fsp3) is 0.200. The topological polar surface area (TPSA) is 89.0 Å². The van der Waals surface area contributed by atoms with Crippen molar-refractivity contribution < 1.29 is 5.11 Å². The molecular formula is C10H13N5O. The number of aromatic hydroxyl groups is 1. The van der Waals surface area contributed by atoms with Gasteiger partial charge in [0.25, 0.3) is 0 Å². The number of nitrogens with two attached hydrogens (primary N) is 1. The molecule has 0 spiro atoms. The number of hydrogen-bond acceptors (Lipinski definition) is 5. The van der Waals surface area contributed by atoms with Crippen molar-refractivity contribution in [2.75, 3.05) is 17.7 Å². The van der Waals surface area contributed by atoms with Crippen molar-refractivity contribution >= 4 is 5.82 Å². The first-order valence-corrected chi connectivity index (χ1v) is 4.96. The smallest absolute Gasteiger partial charge is 0.190 e. The quantitative estimate of drug-likeness (QED) is 0.710. The molecule has 16 heavy (non-hydrogen) atoms. The van der Waals surface area contributed by atoms with Crippen molar-refractivity contribution in [3.63, 3.8) is 0 Å². The van der Waals surface area contributed by atoms with E-state index in [1.165, 1.54) is 4.79 Å². The van der Waals surface area contributed by atoms with Gasteiger partial charge in [0.2, 0.25) is 0 Å². The fourth-order valence-corrected chi connectivity index (χ4v) is 1.37. The van der Waals surface area contributed by atoms with E-state index in [0.717, 1.165) is 0 Å². The molecule has 0 radical (unpaired) electrons.